The highest BCUT2D eigenvalue weighted by Crippen LogP contribution is 2.19. The molecule has 8 nitrogen and oxygen atoms in total. The Balaban J connectivity index is 1.54. The van der Waals surface area contributed by atoms with Gasteiger partial charge in [-0.25, -0.2) is 4.79 Å². The van der Waals surface area contributed by atoms with E-state index in [2.05, 4.69) is 26.9 Å². The van der Waals surface area contributed by atoms with Gasteiger partial charge in [0.05, 0.1) is 11.3 Å². The van der Waals surface area contributed by atoms with E-state index in [9.17, 15) is 9.59 Å². The minimum Gasteiger partial charge on any atom is -0.449 e. The highest BCUT2D eigenvalue weighted by molar-refractivity contribution is 5.95. The van der Waals surface area contributed by atoms with Crippen molar-refractivity contribution in [2.24, 2.45) is 0 Å². The molecule has 0 unspecified atom stereocenters. The van der Waals surface area contributed by atoms with Gasteiger partial charge in [-0.3, -0.25) is 4.79 Å². The van der Waals surface area contributed by atoms with Gasteiger partial charge in [0, 0.05) is 6.54 Å². The third-order valence-electron chi connectivity index (χ3n) is 4.50. The molecule has 1 heterocycles. The summed E-state index contributed by atoms with van der Waals surface area (Å²) in [5, 5.41) is 13.8. The molecule has 142 valence electrons. The largest absolute Gasteiger partial charge is 0.449 e. The maximum atomic E-state index is 12.5. The maximum Gasteiger partial charge on any atom is 0.341 e. The van der Waals surface area contributed by atoms with Crippen LogP contribution in [-0.4, -0.2) is 44.7 Å². The first-order valence-electron chi connectivity index (χ1n) is 9.14. The van der Waals surface area contributed by atoms with E-state index in [0.717, 1.165) is 19.3 Å². The smallest absolute Gasteiger partial charge is 0.341 e. The van der Waals surface area contributed by atoms with E-state index in [4.69, 9.17) is 4.74 Å². The molecular weight excluding hydrogens is 346 g/mol. The van der Waals surface area contributed by atoms with Crippen molar-refractivity contribution < 1.29 is 14.3 Å². The van der Waals surface area contributed by atoms with Crippen molar-refractivity contribution in [2.75, 3.05) is 6.54 Å². The molecule has 1 aromatic carbocycles. The number of carbonyl (C=O) groups excluding carboxylic acids is 2. The fraction of sp³-hybridized carbons (Fsp3) is 0.421. The number of amides is 1. The number of tetrazole rings is 1. The van der Waals surface area contributed by atoms with E-state index in [1.54, 1.807) is 31.2 Å². The third kappa shape index (κ3) is 4.99. The SMILES string of the molecule is C[C@@H](OC(=O)c1ccccc1-n1cnnn1)C(=O)NCCC1=CCCCC1. The summed E-state index contributed by atoms with van der Waals surface area (Å²) in [6, 6.07) is 6.80. The molecule has 0 saturated carbocycles. The van der Waals surface area contributed by atoms with Crippen LogP contribution in [0.5, 0.6) is 0 Å². The van der Waals surface area contributed by atoms with Crippen LogP contribution in [0.2, 0.25) is 0 Å². The van der Waals surface area contributed by atoms with Gasteiger partial charge in [-0.1, -0.05) is 23.8 Å². The molecule has 1 aliphatic carbocycles. The fourth-order valence-corrected chi connectivity index (χ4v) is 3.02. The number of benzene rings is 1. The zero-order valence-electron chi connectivity index (χ0n) is 15.3. The van der Waals surface area contributed by atoms with Gasteiger partial charge in [-0.15, -0.1) is 5.10 Å². The first kappa shape index (κ1) is 18.8. The van der Waals surface area contributed by atoms with Crippen molar-refractivity contribution in [3.8, 4) is 5.69 Å². The lowest BCUT2D eigenvalue weighted by Gasteiger charge is -2.16. The highest BCUT2D eigenvalue weighted by Gasteiger charge is 2.21. The van der Waals surface area contributed by atoms with E-state index in [0.29, 0.717) is 12.2 Å². The normalized spacial score (nSPS) is 14.9. The predicted molar refractivity (Wildman–Crippen MR) is 98.2 cm³/mol. The summed E-state index contributed by atoms with van der Waals surface area (Å²) in [7, 11) is 0. The van der Waals surface area contributed by atoms with Crippen LogP contribution in [0.15, 0.2) is 42.2 Å². The number of hydrogen-bond acceptors (Lipinski definition) is 6. The first-order chi connectivity index (χ1) is 13.1. The van der Waals surface area contributed by atoms with E-state index >= 15 is 0 Å². The molecular formula is C19H23N5O3. The molecule has 0 aliphatic heterocycles. The van der Waals surface area contributed by atoms with Crippen LogP contribution in [-0.2, 0) is 9.53 Å². The van der Waals surface area contributed by atoms with E-state index in [1.165, 1.54) is 29.4 Å². The van der Waals surface area contributed by atoms with Crippen LogP contribution in [0.25, 0.3) is 5.69 Å². The Labute approximate surface area is 157 Å². The molecule has 0 radical (unpaired) electrons. The number of nitrogens with one attached hydrogen (secondary N) is 1. The Morgan fingerprint density at radius 1 is 1.30 bits per heavy atom. The van der Waals surface area contributed by atoms with Crippen molar-refractivity contribution in [1.29, 1.82) is 0 Å². The Kier molecular flexibility index (Phi) is 6.30. The van der Waals surface area contributed by atoms with Gasteiger partial charge in [0.15, 0.2) is 6.10 Å². The van der Waals surface area contributed by atoms with Gasteiger partial charge in [0.1, 0.15) is 6.33 Å². The number of nitrogens with zero attached hydrogens (tertiary/aromatic N) is 4. The standard InChI is InChI=1S/C19H23N5O3/c1-14(18(25)20-12-11-15-7-3-2-4-8-15)27-19(26)16-9-5-6-10-17(16)24-13-21-22-23-24/h5-7,9-10,13-14H,2-4,8,11-12H2,1H3,(H,20,25)/t14-/m1/s1. The van der Waals surface area contributed by atoms with Gasteiger partial charge in [-0.05, 0) is 61.6 Å². The van der Waals surface area contributed by atoms with E-state index < -0.39 is 12.1 Å². The predicted octanol–water partition coefficient (Wildman–Crippen LogP) is 2.21. The number of para-hydroxylation sites is 1. The average Bonchev–Trinajstić information content (AvgIpc) is 3.23. The molecule has 1 aromatic heterocycles. The third-order valence-corrected chi connectivity index (χ3v) is 4.50. The van der Waals surface area contributed by atoms with Crippen LogP contribution >= 0.6 is 0 Å². The summed E-state index contributed by atoms with van der Waals surface area (Å²) in [5.74, 6) is -0.904. The molecule has 1 atom stereocenters. The lowest BCUT2D eigenvalue weighted by Crippen LogP contribution is -2.36. The van der Waals surface area contributed by atoms with Crippen molar-refractivity contribution in [2.45, 2.75) is 45.1 Å². The average molecular weight is 369 g/mol. The maximum absolute atomic E-state index is 12.5. The molecule has 1 amide bonds. The van der Waals surface area contributed by atoms with Gasteiger partial charge in [0.25, 0.3) is 5.91 Å². The molecule has 2 aromatic rings. The number of rotatable bonds is 7. The van der Waals surface area contributed by atoms with Crippen LogP contribution < -0.4 is 5.32 Å². The van der Waals surface area contributed by atoms with Gasteiger partial charge >= 0.3 is 5.97 Å². The lowest BCUT2D eigenvalue weighted by atomic mass is 9.97. The number of ether oxygens (including phenoxy) is 1. The van der Waals surface area contributed by atoms with Crippen molar-refractivity contribution in [1.82, 2.24) is 25.5 Å². The van der Waals surface area contributed by atoms with Crippen LogP contribution in [0.3, 0.4) is 0 Å². The van der Waals surface area contributed by atoms with E-state index in [1.807, 2.05) is 0 Å². The molecule has 1 aliphatic rings. The number of hydrogen-bond donors (Lipinski definition) is 1. The quantitative estimate of drug-likeness (QED) is 0.593. The monoisotopic (exact) mass is 369 g/mol. The summed E-state index contributed by atoms with van der Waals surface area (Å²) < 4.78 is 6.71. The van der Waals surface area contributed by atoms with Gasteiger partial charge in [0.2, 0.25) is 0 Å². The second-order valence-corrected chi connectivity index (χ2v) is 6.47. The fourth-order valence-electron chi connectivity index (χ4n) is 3.02. The number of aromatic nitrogens is 4. The summed E-state index contributed by atoms with van der Waals surface area (Å²) >= 11 is 0. The topological polar surface area (TPSA) is 99.0 Å². The summed E-state index contributed by atoms with van der Waals surface area (Å²) in [6.45, 7) is 2.11. The number of esters is 1. The summed E-state index contributed by atoms with van der Waals surface area (Å²) in [6.07, 6.45) is 8.29. The second kappa shape index (κ2) is 9.07. The summed E-state index contributed by atoms with van der Waals surface area (Å²) in [5.41, 5.74) is 2.17. The Morgan fingerprint density at radius 2 is 2.15 bits per heavy atom. The minimum absolute atomic E-state index is 0.289. The Bertz CT molecular complexity index is 817. The van der Waals surface area contributed by atoms with Gasteiger partial charge < -0.3 is 10.1 Å². The van der Waals surface area contributed by atoms with Crippen molar-refractivity contribution in [3.05, 3.63) is 47.8 Å². The molecule has 0 fully saturated rings. The van der Waals surface area contributed by atoms with E-state index in [-0.39, 0.29) is 11.5 Å². The highest BCUT2D eigenvalue weighted by atomic mass is 16.5. The van der Waals surface area contributed by atoms with Crippen LogP contribution in [0.4, 0.5) is 0 Å². The minimum atomic E-state index is -0.889. The molecule has 1 N–H and O–H groups in total. The Hall–Kier alpha value is -3.03. The first-order valence-corrected chi connectivity index (χ1v) is 9.14. The molecule has 8 heteroatoms. The number of carbonyl (C=O) groups is 2. The summed E-state index contributed by atoms with van der Waals surface area (Å²) in [4.78, 5) is 24.7. The zero-order valence-corrected chi connectivity index (χ0v) is 15.3. The van der Waals surface area contributed by atoms with Crippen molar-refractivity contribution in [3.63, 3.8) is 0 Å². The lowest BCUT2D eigenvalue weighted by molar-refractivity contribution is -0.129. The molecule has 3 rings (SSSR count). The van der Waals surface area contributed by atoms with Crippen LogP contribution in [0, 0.1) is 0 Å². The molecule has 27 heavy (non-hydrogen) atoms. The van der Waals surface area contributed by atoms with Gasteiger partial charge in [-0.2, -0.15) is 4.68 Å². The molecule has 0 bridgehead atoms. The van der Waals surface area contributed by atoms with Crippen LogP contribution in [0.1, 0.15) is 49.4 Å². The molecule has 0 spiro atoms. The number of allylic oxidation sites excluding steroid dienone is 1. The zero-order chi connectivity index (χ0) is 19.1. The van der Waals surface area contributed by atoms with Crippen molar-refractivity contribution >= 4 is 11.9 Å². The Morgan fingerprint density at radius 3 is 2.89 bits per heavy atom. The molecule has 0 saturated heterocycles. The second-order valence-electron chi connectivity index (χ2n) is 6.47.